The second-order valence-electron chi connectivity index (χ2n) is 2.10. The molecule has 0 unspecified atom stereocenters. The van der Waals surface area contributed by atoms with Crippen molar-refractivity contribution in [3.8, 4) is 0 Å². The normalized spacial score (nSPS) is 8.73. The molecule has 1 aromatic rings. The maximum Gasteiger partial charge on any atom is 0.269 e. The van der Waals surface area contributed by atoms with Crippen LogP contribution >= 0.6 is 0 Å². The van der Waals surface area contributed by atoms with Gasteiger partial charge in [-0.05, 0) is 25.3 Å². The molecule has 3 nitrogen and oxygen atoms in total. The Morgan fingerprint density at radius 1 is 1.73 bits per heavy atom. The van der Waals surface area contributed by atoms with E-state index in [-0.39, 0.29) is 0 Å². The van der Waals surface area contributed by atoms with Gasteiger partial charge in [-0.2, -0.15) is 0 Å². The van der Waals surface area contributed by atoms with Crippen LogP contribution in [0, 0.1) is 13.5 Å². The van der Waals surface area contributed by atoms with Gasteiger partial charge in [0.15, 0.2) is 0 Å². The molecule has 1 aromatic heterocycles. The van der Waals surface area contributed by atoms with Gasteiger partial charge in [0.2, 0.25) is 0 Å². The van der Waals surface area contributed by atoms with Gasteiger partial charge in [-0.25, -0.2) is 0 Å². The minimum atomic E-state index is 0.398. The number of rotatable bonds is 1. The molecule has 0 amide bonds. The summed E-state index contributed by atoms with van der Waals surface area (Å²) in [4.78, 5) is 10.8. The van der Waals surface area contributed by atoms with Crippen LogP contribution in [-0.4, -0.2) is 11.7 Å². The van der Waals surface area contributed by atoms with Crippen molar-refractivity contribution in [3.63, 3.8) is 0 Å². The summed E-state index contributed by atoms with van der Waals surface area (Å²) < 4.78 is 0. The lowest BCUT2D eigenvalue weighted by molar-refractivity contribution is 1.28. The van der Waals surface area contributed by atoms with E-state index in [1.54, 1.807) is 12.3 Å². The van der Waals surface area contributed by atoms with E-state index in [1.807, 2.05) is 6.92 Å². The monoisotopic (exact) mass is 145 g/mol. The molecule has 0 atom stereocenters. The highest BCUT2D eigenvalue weighted by Gasteiger charge is 1.98. The zero-order chi connectivity index (χ0) is 8.27. The number of pyridine rings is 1. The third kappa shape index (κ3) is 1.41. The van der Waals surface area contributed by atoms with Crippen molar-refractivity contribution in [2.45, 2.75) is 6.92 Å². The summed E-state index contributed by atoms with van der Waals surface area (Å²) in [5.41, 5.74) is 1.67. The SMILES string of the molecule is [C-]#[N+]c1cc(C)c(N=C)cn1. The van der Waals surface area contributed by atoms with Crippen molar-refractivity contribution in [1.82, 2.24) is 4.98 Å². The topological polar surface area (TPSA) is 29.6 Å². The molecule has 0 aromatic carbocycles. The summed E-state index contributed by atoms with van der Waals surface area (Å²) >= 11 is 0. The fourth-order valence-electron chi connectivity index (χ4n) is 0.761. The number of aromatic nitrogens is 1. The van der Waals surface area contributed by atoms with Crippen LogP contribution in [-0.2, 0) is 0 Å². The predicted octanol–water partition coefficient (Wildman–Crippen LogP) is 2.27. The van der Waals surface area contributed by atoms with Crippen molar-refractivity contribution in [3.05, 3.63) is 29.2 Å². The number of hydrogen-bond donors (Lipinski definition) is 0. The van der Waals surface area contributed by atoms with Gasteiger partial charge in [0, 0.05) is 0 Å². The summed E-state index contributed by atoms with van der Waals surface area (Å²) in [6.07, 6.45) is 1.55. The Balaban J connectivity index is 3.22. The zero-order valence-corrected chi connectivity index (χ0v) is 6.20. The highest BCUT2D eigenvalue weighted by atomic mass is 14.9. The summed E-state index contributed by atoms with van der Waals surface area (Å²) in [7, 11) is 0. The predicted molar refractivity (Wildman–Crippen MR) is 44.4 cm³/mol. The summed E-state index contributed by atoms with van der Waals surface area (Å²) in [5.74, 6) is 0.398. The quantitative estimate of drug-likeness (QED) is 0.440. The van der Waals surface area contributed by atoms with Crippen LogP contribution < -0.4 is 0 Å². The van der Waals surface area contributed by atoms with Crippen LogP contribution in [0.5, 0.6) is 0 Å². The molecule has 0 radical (unpaired) electrons. The molecule has 0 fully saturated rings. The third-order valence-corrected chi connectivity index (χ3v) is 1.35. The lowest BCUT2D eigenvalue weighted by Crippen LogP contribution is -1.76. The maximum atomic E-state index is 6.68. The van der Waals surface area contributed by atoms with Gasteiger partial charge in [0.25, 0.3) is 5.82 Å². The van der Waals surface area contributed by atoms with Crippen molar-refractivity contribution in [1.29, 1.82) is 0 Å². The molecule has 0 N–H and O–H groups in total. The van der Waals surface area contributed by atoms with Crippen LogP contribution in [0.1, 0.15) is 5.56 Å². The third-order valence-electron chi connectivity index (χ3n) is 1.35. The van der Waals surface area contributed by atoms with Crippen molar-refractivity contribution < 1.29 is 0 Å². The first-order valence-electron chi connectivity index (χ1n) is 3.08. The largest absolute Gasteiger partial charge is 0.361 e. The minimum Gasteiger partial charge on any atom is -0.361 e. The smallest absolute Gasteiger partial charge is 0.269 e. The van der Waals surface area contributed by atoms with Crippen LogP contribution in [0.25, 0.3) is 4.85 Å². The van der Waals surface area contributed by atoms with E-state index < -0.39 is 0 Å². The van der Waals surface area contributed by atoms with Gasteiger partial charge in [-0.3, -0.25) is 4.99 Å². The van der Waals surface area contributed by atoms with E-state index in [0.29, 0.717) is 5.82 Å². The van der Waals surface area contributed by atoms with Gasteiger partial charge >= 0.3 is 0 Å². The molecule has 0 aliphatic heterocycles. The molecular weight excluding hydrogens is 138 g/mol. The zero-order valence-electron chi connectivity index (χ0n) is 6.20. The lowest BCUT2D eigenvalue weighted by Gasteiger charge is -1.95. The second-order valence-corrected chi connectivity index (χ2v) is 2.10. The number of hydrogen-bond acceptors (Lipinski definition) is 2. The highest BCUT2D eigenvalue weighted by Crippen LogP contribution is 2.19. The molecule has 0 bridgehead atoms. The Bertz CT molecular complexity index is 323. The minimum absolute atomic E-state index is 0.398. The van der Waals surface area contributed by atoms with Gasteiger partial charge < -0.3 is 4.85 Å². The standard InChI is InChI=1S/C8H7N3/c1-6-4-8(10-3)11-5-7(6)9-2/h4-5H,2H2,1H3. The molecular formula is C8H7N3. The first-order chi connectivity index (χ1) is 5.27. The fourth-order valence-corrected chi connectivity index (χ4v) is 0.761. The van der Waals surface area contributed by atoms with E-state index in [1.165, 1.54) is 0 Å². The van der Waals surface area contributed by atoms with Gasteiger partial charge in [-0.15, -0.1) is 4.98 Å². The van der Waals surface area contributed by atoms with Crippen LogP contribution in [0.3, 0.4) is 0 Å². The number of aryl methyl sites for hydroxylation is 1. The summed E-state index contributed by atoms with van der Waals surface area (Å²) in [6, 6.07) is 1.69. The van der Waals surface area contributed by atoms with E-state index in [0.717, 1.165) is 11.3 Å². The Hall–Kier alpha value is -1.69. The van der Waals surface area contributed by atoms with Crippen molar-refractivity contribution >= 4 is 18.2 Å². The van der Waals surface area contributed by atoms with Gasteiger partial charge in [0.1, 0.15) is 11.9 Å². The van der Waals surface area contributed by atoms with E-state index in [4.69, 9.17) is 6.57 Å². The number of aliphatic imine (C=N–C) groups is 1. The molecule has 1 rings (SSSR count). The van der Waals surface area contributed by atoms with Crippen LogP contribution in [0.4, 0.5) is 11.5 Å². The molecule has 54 valence electrons. The molecule has 0 spiro atoms. The first-order valence-corrected chi connectivity index (χ1v) is 3.08. The first kappa shape index (κ1) is 7.42. The second kappa shape index (κ2) is 2.93. The van der Waals surface area contributed by atoms with Crippen LogP contribution in [0.2, 0.25) is 0 Å². The molecule has 0 saturated carbocycles. The number of nitrogens with zero attached hydrogens (tertiary/aromatic N) is 3. The van der Waals surface area contributed by atoms with Crippen LogP contribution in [0.15, 0.2) is 17.3 Å². The average Bonchev–Trinajstić information content (AvgIpc) is 2.04. The Labute approximate surface area is 65.2 Å². The van der Waals surface area contributed by atoms with Crippen molar-refractivity contribution in [2.75, 3.05) is 0 Å². The lowest BCUT2D eigenvalue weighted by atomic mass is 10.2. The Morgan fingerprint density at radius 3 is 2.91 bits per heavy atom. The Morgan fingerprint density at radius 2 is 2.45 bits per heavy atom. The van der Waals surface area contributed by atoms with E-state index in [2.05, 4.69) is 21.5 Å². The van der Waals surface area contributed by atoms with Gasteiger partial charge in [0.05, 0.1) is 0 Å². The molecule has 0 aliphatic rings. The molecule has 3 heteroatoms. The molecule has 1 heterocycles. The average molecular weight is 145 g/mol. The highest BCUT2D eigenvalue weighted by molar-refractivity contribution is 5.54. The summed E-state index contributed by atoms with van der Waals surface area (Å²) in [6.45, 7) is 11.9. The van der Waals surface area contributed by atoms with E-state index >= 15 is 0 Å². The van der Waals surface area contributed by atoms with Crippen molar-refractivity contribution in [2.24, 2.45) is 4.99 Å². The molecule has 0 aliphatic carbocycles. The molecule has 11 heavy (non-hydrogen) atoms. The summed E-state index contributed by atoms with van der Waals surface area (Å²) in [5, 5.41) is 0. The Kier molecular flexibility index (Phi) is 1.98. The van der Waals surface area contributed by atoms with Gasteiger partial charge in [-0.1, -0.05) is 6.57 Å². The molecule has 0 saturated heterocycles. The van der Waals surface area contributed by atoms with E-state index in [9.17, 15) is 0 Å². The maximum absolute atomic E-state index is 6.68. The fraction of sp³-hybridized carbons (Fsp3) is 0.125.